The van der Waals surface area contributed by atoms with Gasteiger partial charge in [0.15, 0.2) is 5.12 Å². The van der Waals surface area contributed by atoms with Gasteiger partial charge >= 0.3 is 4.87 Å². The number of H-pyrrole nitrogens is 1. The maximum Gasteiger partial charge on any atom is 0.305 e. The largest absolute Gasteiger partial charge is 0.312 e. The molecule has 0 saturated heterocycles. The molecule has 2 rings (SSSR count). The molecular weight excluding hydrogens is 266 g/mol. The Morgan fingerprint density at radius 1 is 1.50 bits per heavy atom. The van der Waals surface area contributed by atoms with E-state index in [1.165, 1.54) is 23.1 Å². The summed E-state index contributed by atoms with van der Waals surface area (Å²) in [6.45, 7) is 1.58. The first-order valence-corrected chi connectivity index (χ1v) is 7.38. The van der Waals surface area contributed by atoms with Crippen LogP contribution in [-0.2, 0) is 4.79 Å². The zero-order valence-electron chi connectivity index (χ0n) is 9.93. The van der Waals surface area contributed by atoms with Crippen LogP contribution in [0, 0.1) is 0 Å². The van der Waals surface area contributed by atoms with Crippen molar-refractivity contribution in [2.75, 3.05) is 5.75 Å². The molecule has 3 nitrogen and oxygen atoms in total. The van der Waals surface area contributed by atoms with Gasteiger partial charge in [0.05, 0.1) is 10.2 Å². The molecule has 0 atom stereocenters. The van der Waals surface area contributed by atoms with E-state index in [0.29, 0.717) is 0 Å². The minimum absolute atomic E-state index is 0.0241. The number of hydrogen-bond acceptors (Lipinski definition) is 4. The van der Waals surface area contributed by atoms with Crippen molar-refractivity contribution in [3.63, 3.8) is 0 Å². The smallest absolute Gasteiger partial charge is 0.305 e. The van der Waals surface area contributed by atoms with Gasteiger partial charge in [0.25, 0.3) is 0 Å². The zero-order valence-corrected chi connectivity index (χ0v) is 11.6. The highest BCUT2D eigenvalue weighted by Gasteiger charge is 1.98. The van der Waals surface area contributed by atoms with Gasteiger partial charge in [-0.1, -0.05) is 41.3 Å². The summed E-state index contributed by atoms with van der Waals surface area (Å²) in [5.41, 5.74) is 1.96. The van der Waals surface area contributed by atoms with E-state index in [-0.39, 0.29) is 9.99 Å². The van der Waals surface area contributed by atoms with Crippen LogP contribution in [0.1, 0.15) is 18.9 Å². The van der Waals surface area contributed by atoms with Crippen molar-refractivity contribution in [2.45, 2.75) is 13.3 Å². The molecule has 1 aromatic heterocycles. The van der Waals surface area contributed by atoms with Crippen molar-refractivity contribution in [3.05, 3.63) is 39.5 Å². The van der Waals surface area contributed by atoms with Gasteiger partial charge in [-0.05, 0) is 24.1 Å². The van der Waals surface area contributed by atoms with E-state index in [1.807, 2.05) is 30.4 Å². The Morgan fingerprint density at radius 2 is 2.33 bits per heavy atom. The van der Waals surface area contributed by atoms with Crippen LogP contribution in [-0.4, -0.2) is 15.9 Å². The van der Waals surface area contributed by atoms with Crippen molar-refractivity contribution < 1.29 is 4.79 Å². The average Bonchev–Trinajstić information content (AvgIpc) is 2.67. The number of rotatable bonds is 4. The summed E-state index contributed by atoms with van der Waals surface area (Å²) in [7, 11) is 0. The van der Waals surface area contributed by atoms with E-state index in [4.69, 9.17) is 0 Å². The first-order valence-electron chi connectivity index (χ1n) is 5.58. The second kappa shape index (κ2) is 6.02. The number of thiazole rings is 1. The van der Waals surface area contributed by atoms with Gasteiger partial charge in [-0.15, -0.1) is 0 Å². The molecule has 0 spiro atoms. The number of aromatic nitrogens is 1. The van der Waals surface area contributed by atoms with Crippen LogP contribution in [0.5, 0.6) is 0 Å². The van der Waals surface area contributed by atoms with Crippen LogP contribution in [0.2, 0.25) is 0 Å². The molecule has 1 aromatic carbocycles. The maximum atomic E-state index is 11.2. The Balaban J connectivity index is 2.00. The molecular formula is C13H13NO2S2. The molecule has 1 heterocycles. The fourth-order valence-electron chi connectivity index (χ4n) is 1.56. The summed E-state index contributed by atoms with van der Waals surface area (Å²) in [5, 5.41) is 0.155. The quantitative estimate of drug-likeness (QED) is 0.874. The van der Waals surface area contributed by atoms with Gasteiger partial charge in [-0.25, -0.2) is 0 Å². The molecule has 0 aliphatic carbocycles. The predicted octanol–water partition coefficient (Wildman–Crippen LogP) is 3.27. The Kier molecular flexibility index (Phi) is 4.38. The summed E-state index contributed by atoms with van der Waals surface area (Å²) in [4.78, 5) is 24.7. The van der Waals surface area contributed by atoms with E-state index in [2.05, 4.69) is 4.98 Å². The first kappa shape index (κ1) is 13.1. The number of benzene rings is 1. The van der Waals surface area contributed by atoms with E-state index in [9.17, 15) is 9.59 Å². The number of carbonyl (C=O) groups excluding carboxylic acids is 1. The zero-order chi connectivity index (χ0) is 13.0. The third-order valence-electron chi connectivity index (χ3n) is 2.35. The first-order chi connectivity index (χ1) is 8.65. The highest BCUT2D eigenvalue weighted by Crippen LogP contribution is 2.17. The second-order valence-electron chi connectivity index (χ2n) is 3.80. The molecule has 5 heteroatoms. The van der Waals surface area contributed by atoms with Crippen molar-refractivity contribution in [1.29, 1.82) is 0 Å². The number of hydrogen-bond donors (Lipinski definition) is 1. The van der Waals surface area contributed by atoms with Crippen LogP contribution in [0.25, 0.3) is 16.3 Å². The molecule has 0 radical (unpaired) electrons. The Bertz CT molecular complexity index is 640. The maximum absolute atomic E-state index is 11.2. The lowest BCUT2D eigenvalue weighted by Crippen LogP contribution is -1.89. The Labute approximate surface area is 113 Å². The summed E-state index contributed by atoms with van der Waals surface area (Å²) in [6.07, 6.45) is 4.93. The van der Waals surface area contributed by atoms with Gasteiger partial charge in [0.1, 0.15) is 0 Å². The monoisotopic (exact) mass is 279 g/mol. The molecule has 0 aliphatic heterocycles. The molecule has 0 amide bonds. The molecule has 0 unspecified atom stereocenters. The van der Waals surface area contributed by atoms with Gasteiger partial charge in [0.2, 0.25) is 0 Å². The standard InChI is InChI=1S/C13H13NO2S2/c1-9(15)17-7-3-2-4-10-5-6-11-12(8-10)18-13(16)14-11/h2,4-6,8H,3,7H2,1H3,(H,14,16). The highest BCUT2D eigenvalue weighted by atomic mass is 32.2. The summed E-state index contributed by atoms with van der Waals surface area (Å²) in [5.74, 6) is 0.811. The Hall–Kier alpha value is -1.33. The van der Waals surface area contributed by atoms with Crippen molar-refractivity contribution in [1.82, 2.24) is 4.98 Å². The molecule has 2 aromatic rings. The molecule has 0 bridgehead atoms. The van der Waals surface area contributed by atoms with E-state index in [0.717, 1.165) is 28.0 Å². The molecule has 18 heavy (non-hydrogen) atoms. The van der Waals surface area contributed by atoms with Crippen LogP contribution >= 0.6 is 23.1 Å². The minimum atomic E-state index is -0.0241. The van der Waals surface area contributed by atoms with Gasteiger partial charge < -0.3 is 4.98 Å². The van der Waals surface area contributed by atoms with Crippen LogP contribution in [0.15, 0.2) is 29.1 Å². The summed E-state index contributed by atoms with van der Waals surface area (Å²) in [6, 6.07) is 5.88. The minimum Gasteiger partial charge on any atom is -0.312 e. The average molecular weight is 279 g/mol. The highest BCUT2D eigenvalue weighted by molar-refractivity contribution is 8.13. The lowest BCUT2D eigenvalue weighted by molar-refractivity contribution is -0.109. The molecule has 1 N–H and O–H groups in total. The number of thioether (sulfide) groups is 1. The van der Waals surface area contributed by atoms with Gasteiger partial charge in [-0.2, -0.15) is 0 Å². The third kappa shape index (κ3) is 3.58. The van der Waals surface area contributed by atoms with Crippen molar-refractivity contribution in [2.24, 2.45) is 0 Å². The molecule has 0 aliphatic rings. The topological polar surface area (TPSA) is 49.9 Å². The number of carbonyl (C=O) groups is 1. The Morgan fingerprint density at radius 3 is 3.11 bits per heavy atom. The predicted molar refractivity (Wildman–Crippen MR) is 79.2 cm³/mol. The lowest BCUT2D eigenvalue weighted by Gasteiger charge is -1.94. The van der Waals surface area contributed by atoms with Crippen LogP contribution < -0.4 is 4.87 Å². The van der Waals surface area contributed by atoms with E-state index < -0.39 is 0 Å². The van der Waals surface area contributed by atoms with Gasteiger partial charge in [0, 0.05) is 12.7 Å². The van der Waals surface area contributed by atoms with E-state index in [1.54, 1.807) is 6.92 Å². The van der Waals surface area contributed by atoms with Gasteiger partial charge in [-0.3, -0.25) is 9.59 Å². The van der Waals surface area contributed by atoms with Crippen molar-refractivity contribution >= 4 is 44.5 Å². The molecule has 0 saturated carbocycles. The van der Waals surface area contributed by atoms with Crippen molar-refractivity contribution in [3.8, 4) is 0 Å². The number of fused-ring (bicyclic) bond motifs is 1. The fraction of sp³-hybridized carbons (Fsp3) is 0.231. The lowest BCUT2D eigenvalue weighted by atomic mass is 10.2. The number of nitrogens with one attached hydrogen (secondary N) is 1. The summed E-state index contributed by atoms with van der Waals surface area (Å²) >= 11 is 2.56. The van der Waals surface area contributed by atoms with Crippen LogP contribution in [0.4, 0.5) is 0 Å². The fourth-order valence-corrected chi connectivity index (χ4v) is 2.88. The molecule has 94 valence electrons. The normalized spacial score (nSPS) is 11.4. The van der Waals surface area contributed by atoms with E-state index >= 15 is 0 Å². The second-order valence-corrected chi connectivity index (χ2v) is 6.09. The SMILES string of the molecule is CC(=O)SCCC=Cc1ccc2[nH]c(=O)sc2c1. The number of allylic oxidation sites excluding steroid dienone is 1. The van der Waals surface area contributed by atoms with Crippen LogP contribution in [0.3, 0.4) is 0 Å². The number of aromatic amines is 1. The molecule has 0 fully saturated rings. The summed E-state index contributed by atoms with van der Waals surface area (Å²) < 4.78 is 0.972. The third-order valence-corrected chi connectivity index (χ3v) is 4.04.